The van der Waals surface area contributed by atoms with Crippen molar-refractivity contribution >= 4 is 12.0 Å². The maximum Gasteiger partial charge on any atom is 0.327 e. The van der Waals surface area contributed by atoms with Crippen molar-refractivity contribution in [1.29, 1.82) is 0 Å². The number of carbonyl (C=O) groups is 1. The third kappa shape index (κ3) is 5.79. The summed E-state index contributed by atoms with van der Waals surface area (Å²) >= 11 is 0. The number of benzene rings is 1. The first kappa shape index (κ1) is 16.9. The highest BCUT2D eigenvalue weighted by Gasteiger charge is 2.22. The lowest BCUT2D eigenvalue weighted by Gasteiger charge is -2.25. The van der Waals surface area contributed by atoms with Gasteiger partial charge in [0, 0.05) is 13.1 Å². The molecule has 0 N–H and O–H groups in total. The zero-order valence-corrected chi connectivity index (χ0v) is 12.6. The van der Waals surface area contributed by atoms with Crippen molar-refractivity contribution in [3.05, 3.63) is 67.3 Å². The molecule has 112 valence electrons. The molecule has 0 aliphatic rings. The third-order valence-electron chi connectivity index (χ3n) is 2.92. The predicted molar refractivity (Wildman–Crippen MR) is 87.9 cm³/mol. The summed E-state index contributed by atoms with van der Waals surface area (Å²) in [7, 11) is 0. The van der Waals surface area contributed by atoms with Gasteiger partial charge in [-0.15, -0.1) is 13.2 Å². The molecule has 21 heavy (non-hydrogen) atoms. The topological polar surface area (TPSA) is 29.5 Å². The SMILES string of the molecule is C=CCN(CC=C)[C@H](/C=C/c1ccccc1)C(=O)OCC. The van der Waals surface area contributed by atoms with E-state index in [0.717, 1.165) is 5.56 Å². The Bertz CT molecular complexity index is 469. The van der Waals surface area contributed by atoms with E-state index in [1.54, 1.807) is 19.1 Å². The van der Waals surface area contributed by atoms with Crippen molar-refractivity contribution in [3.8, 4) is 0 Å². The predicted octanol–water partition coefficient (Wildman–Crippen LogP) is 3.31. The van der Waals surface area contributed by atoms with Gasteiger partial charge in [-0.1, -0.05) is 54.6 Å². The molecule has 0 aromatic heterocycles. The fraction of sp³-hybridized carbons (Fsp3) is 0.278. The van der Waals surface area contributed by atoms with E-state index in [4.69, 9.17) is 4.74 Å². The summed E-state index contributed by atoms with van der Waals surface area (Å²) in [5, 5.41) is 0. The average Bonchev–Trinajstić information content (AvgIpc) is 2.49. The Kier molecular flexibility index (Phi) is 7.84. The van der Waals surface area contributed by atoms with Crippen LogP contribution in [-0.2, 0) is 9.53 Å². The number of ether oxygens (including phenoxy) is 1. The van der Waals surface area contributed by atoms with Gasteiger partial charge in [0.2, 0.25) is 0 Å². The number of esters is 1. The summed E-state index contributed by atoms with van der Waals surface area (Å²) in [6.07, 6.45) is 7.33. The molecule has 1 rings (SSSR count). The fourth-order valence-electron chi connectivity index (χ4n) is 1.98. The zero-order valence-electron chi connectivity index (χ0n) is 12.6. The summed E-state index contributed by atoms with van der Waals surface area (Å²) < 4.78 is 5.17. The Hall–Kier alpha value is -2.13. The van der Waals surface area contributed by atoms with Crippen LogP contribution in [0.3, 0.4) is 0 Å². The van der Waals surface area contributed by atoms with Gasteiger partial charge in [-0.25, -0.2) is 0 Å². The fourth-order valence-corrected chi connectivity index (χ4v) is 1.98. The highest BCUT2D eigenvalue weighted by Crippen LogP contribution is 2.09. The zero-order chi connectivity index (χ0) is 15.5. The summed E-state index contributed by atoms with van der Waals surface area (Å²) in [5.74, 6) is -0.256. The van der Waals surface area contributed by atoms with E-state index in [9.17, 15) is 4.79 Å². The molecule has 3 heteroatoms. The van der Waals surface area contributed by atoms with Gasteiger partial charge in [0.15, 0.2) is 0 Å². The van der Waals surface area contributed by atoms with Crippen LogP contribution in [0.2, 0.25) is 0 Å². The standard InChI is InChI=1S/C18H23NO2/c1-4-14-19(15-5-2)17(18(20)21-6-3)13-12-16-10-8-7-9-11-16/h4-5,7-13,17H,1-2,6,14-15H2,3H3/b13-12+/t17-/m1/s1. The molecule has 0 amide bonds. The van der Waals surface area contributed by atoms with E-state index < -0.39 is 6.04 Å². The molecule has 1 aromatic carbocycles. The monoisotopic (exact) mass is 285 g/mol. The maximum absolute atomic E-state index is 12.2. The second-order valence-electron chi connectivity index (χ2n) is 4.50. The van der Waals surface area contributed by atoms with Crippen molar-refractivity contribution in [1.82, 2.24) is 4.90 Å². The van der Waals surface area contributed by atoms with Gasteiger partial charge in [0.05, 0.1) is 6.61 Å². The van der Waals surface area contributed by atoms with Crippen molar-refractivity contribution in [2.24, 2.45) is 0 Å². The van der Waals surface area contributed by atoms with Crippen LogP contribution in [0.15, 0.2) is 61.7 Å². The van der Waals surface area contributed by atoms with Gasteiger partial charge < -0.3 is 4.74 Å². The molecule has 1 atom stereocenters. The highest BCUT2D eigenvalue weighted by atomic mass is 16.5. The minimum Gasteiger partial charge on any atom is -0.465 e. The van der Waals surface area contributed by atoms with Gasteiger partial charge in [-0.05, 0) is 12.5 Å². The molecule has 3 nitrogen and oxygen atoms in total. The summed E-state index contributed by atoms with van der Waals surface area (Å²) in [4.78, 5) is 14.1. The number of hydrogen-bond acceptors (Lipinski definition) is 3. The first-order valence-corrected chi connectivity index (χ1v) is 7.08. The lowest BCUT2D eigenvalue weighted by atomic mass is 10.1. The lowest BCUT2D eigenvalue weighted by Crippen LogP contribution is -2.41. The molecule has 0 saturated heterocycles. The van der Waals surface area contributed by atoms with E-state index in [1.807, 2.05) is 47.4 Å². The van der Waals surface area contributed by atoms with Crippen LogP contribution in [0.5, 0.6) is 0 Å². The molecular formula is C18H23NO2. The van der Waals surface area contributed by atoms with Gasteiger partial charge in [-0.3, -0.25) is 9.69 Å². The van der Waals surface area contributed by atoms with Crippen molar-refractivity contribution in [3.63, 3.8) is 0 Å². The Morgan fingerprint density at radius 1 is 1.24 bits per heavy atom. The van der Waals surface area contributed by atoms with Crippen LogP contribution in [-0.4, -0.2) is 36.6 Å². The molecular weight excluding hydrogens is 262 g/mol. The van der Waals surface area contributed by atoms with Crippen LogP contribution in [0.1, 0.15) is 12.5 Å². The van der Waals surface area contributed by atoms with Crippen LogP contribution in [0.25, 0.3) is 6.08 Å². The quantitative estimate of drug-likeness (QED) is 0.515. The minimum absolute atomic E-state index is 0.256. The lowest BCUT2D eigenvalue weighted by molar-refractivity contribution is -0.147. The number of rotatable bonds is 9. The minimum atomic E-state index is -0.443. The third-order valence-corrected chi connectivity index (χ3v) is 2.92. The second-order valence-corrected chi connectivity index (χ2v) is 4.50. The molecule has 0 aliphatic carbocycles. The van der Waals surface area contributed by atoms with Gasteiger partial charge in [0.25, 0.3) is 0 Å². The Morgan fingerprint density at radius 3 is 2.38 bits per heavy atom. The molecule has 0 heterocycles. The summed E-state index contributed by atoms with van der Waals surface area (Å²) in [6.45, 7) is 10.8. The molecule has 0 aliphatic heterocycles. The van der Waals surface area contributed by atoms with E-state index in [1.165, 1.54) is 0 Å². The van der Waals surface area contributed by atoms with Crippen LogP contribution in [0.4, 0.5) is 0 Å². The van der Waals surface area contributed by atoms with Crippen LogP contribution in [0, 0.1) is 0 Å². The van der Waals surface area contributed by atoms with Gasteiger partial charge >= 0.3 is 5.97 Å². The Labute approximate surface area is 127 Å². The number of carbonyl (C=O) groups excluding carboxylic acids is 1. The van der Waals surface area contributed by atoms with E-state index >= 15 is 0 Å². The Balaban J connectivity index is 2.94. The first-order valence-electron chi connectivity index (χ1n) is 7.08. The first-order chi connectivity index (χ1) is 10.2. The van der Waals surface area contributed by atoms with E-state index in [0.29, 0.717) is 19.7 Å². The molecule has 1 aromatic rings. The van der Waals surface area contributed by atoms with Gasteiger partial charge in [-0.2, -0.15) is 0 Å². The largest absolute Gasteiger partial charge is 0.465 e. The maximum atomic E-state index is 12.2. The van der Waals surface area contributed by atoms with E-state index in [-0.39, 0.29) is 5.97 Å². The molecule has 0 radical (unpaired) electrons. The molecule has 0 saturated carbocycles. The molecule has 0 bridgehead atoms. The Morgan fingerprint density at radius 2 is 1.86 bits per heavy atom. The smallest absolute Gasteiger partial charge is 0.327 e. The summed E-state index contributed by atoms with van der Waals surface area (Å²) in [6, 6.07) is 9.42. The van der Waals surface area contributed by atoms with E-state index in [2.05, 4.69) is 13.2 Å². The molecule has 0 fully saturated rings. The normalized spacial score (nSPS) is 12.3. The molecule has 0 spiro atoms. The van der Waals surface area contributed by atoms with Crippen molar-refractivity contribution in [2.75, 3.05) is 19.7 Å². The summed E-state index contributed by atoms with van der Waals surface area (Å²) in [5.41, 5.74) is 1.05. The average molecular weight is 285 g/mol. The number of nitrogens with zero attached hydrogens (tertiary/aromatic N) is 1. The second kappa shape index (κ2) is 9.72. The van der Waals surface area contributed by atoms with Crippen LogP contribution < -0.4 is 0 Å². The van der Waals surface area contributed by atoms with Gasteiger partial charge in [0.1, 0.15) is 6.04 Å². The van der Waals surface area contributed by atoms with Crippen LogP contribution >= 0.6 is 0 Å². The molecule has 0 unspecified atom stereocenters. The van der Waals surface area contributed by atoms with Crippen molar-refractivity contribution in [2.45, 2.75) is 13.0 Å². The van der Waals surface area contributed by atoms with Crippen molar-refractivity contribution < 1.29 is 9.53 Å². The highest BCUT2D eigenvalue weighted by molar-refractivity contribution is 5.79. The number of hydrogen-bond donors (Lipinski definition) is 0.